The fourth-order valence-electron chi connectivity index (χ4n) is 2.60. The van der Waals surface area contributed by atoms with Crippen LogP contribution in [0.15, 0.2) is 40.9 Å². The molecule has 108 valence electrons. The van der Waals surface area contributed by atoms with Crippen LogP contribution in [0.1, 0.15) is 33.5 Å². The van der Waals surface area contributed by atoms with E-state index in [-0.39, 0.29) is 10.7 Å². The van der Waals surface area contributed by atoms with Gasteiger partial charge in [0.2, 0.25) is 5.91 Å². The summed E-state index contributed by atoms with van der Waals surface area (Å²) in [6.45, 7) is 2.10. The summed E-state index contributed by atoms with van der Waals surface area (Å²) >= 11 is 7.43. The Morgan fingerprint density at radius 3 is 2.76 bits per heavy atom. The summed E-state index contributed by atoms with van der Waals surface area (Å²) in [5, 5.41) is 2.92. The summed E-state index contributed by atoms with van der Waals surface area (Å²) in [6.07, 6.45) is 1.38. The van der Waals surface area contributed by atoms with Crippen molar-refractivity contribution < 1.29 is 4.79 Å². The van der Waals surface area contributed by atoms with Gasteiger partial charge in [-0.3, -0.25) is 4.79 Å². The average Bonchev–Trinajstić information content (AvgIpc) is 2.48. The molecule has 1 N–H and O–H groups in total. The van der Waals surface area contributed by atoms with Crippen molar-refractivity contribution in [1.82, 2.24) is 0 Å². The third-order valence-electron chi connectivity index (χ3n) is 3.74. The largest absolute Gasteiger partial charge is 0.326 e. The van der Waals surface area contributed by atoms with E-state index in [1.165, 1.54) is 22.3 Å². The molecule has 0 bridgehead atoms. The van der Waals surface area contributed by atoms with Gasteiger partial charge in [-0.05, 0) is 42.2 Å². The van der Waals surface area contributed by atoms with Gasteiger partial charge in [0, 0.05) is 16.6 Å². The first kappa shape index (κ1) is 14.8. The molecule has 1 amide bonds. The van der Waals surface area contributed by atoms with Gasteiger partial charge in [0.1, 0.15) is 0 Å². The van der Waals surface area contributed by atoms with Crippen molar-refractivity contribution in [2.75, 3.05) is 5.32 Å². The second-order valence-electron chi connectivity index (χ2n) is 5.35. The van der Waals surface area contributed by atoms with Gasteiger partial charge in [-0.2, -0.15) is 0 Å². The van der Waals surface area contributed by atoms with Gasteiger partial charge in [-0.25, -0.2) is 0 Å². The van der Waals surface area contributed by atoms with E-state index in [9.17, 15) is 4.79 Å². The molecule has 0 saturated heterocycles. The predicted octanol–water partition coefficient (Wildman–Crippen LogP) is 5.13. The first-order chi connectivity index (χ1) is 10.0. The Balaban J connectivity index is 1.97. The lowest BCUT2D eigenvalue weighted by molar-refractivity contribution is -0.116. The second kappa shape index (κ2) is 5.93. The summed E-state index contributed by atoms with van der Waals surface area (Å²) in [6, 6.07) is 12.6. The maximum atomic E-state index is 11.4. The van der Waals surface area contributed by atoms with Crippen molar-refractivity contribution >= 4 is 43.5 Å². The van der Waals surface area contributed by atoms with E-state index in [1.54, 1.807) is 0 Å². The van der Waals surface area contributed by atoms with Crippen LogP contribution >= 0.6 is 31.9 Å². The van der Waals surface area contributed by atoms with E-state index in [0.717, 1.165) is 16.6 Å². The van der Waals surface area contributed by atoms with Gasteiger partial charge in [0.25, 0.3) is 0 Å². The Labute approximate surface area is 141 Å². The summed E-state index contributed by atoms with van der Waals surface area (Å²) in [7, 11) is 0. The number of nitrogens with one attached hydrogen (secondary N) is 1. The van der Waals surface area contributed by atoms with Crippen molar-refractivity contribution in [2.45, 2.75) is 24.6 Å². The predicted molar refractivity (Wildman–Crippen MR) is 93.0 cm³/mol. The van der Waals surface area contributed by atoms with Crippen molar-refractivity contribution in [1.29, 1.82) is 0 Å². The SMILES string of the molecule is Cc1ccc(Br)c(C(Br)c2ccc3c(c2)CCC(=O)N3)c1. The first-order valence-electron chi connectivity index (χ1n) is 6.87. The number of hydrogen-bond donors (Lipinski definition) is 1. The first-order valence-corrected chi connectivity index (χ1v) is 8.58. The van der Waals surface area contributed by atoms with Crippen LogP contribution in [-0.4, -0.2) is 5.91 Å². The van der Waals surface area contributed by atoms with Crippen LogP contribution in [0.5, 0.6) is 0 Å². The lowest BCUT2D eigenvalue weighted by Crippen LogP contribution is -2.19. The third-order valence-corrected chi connectivity index (χ3v) is 5.49. The number of amides is 1. The maximum absolute atomic E-state index is 11.4. The highest BCUT2D eigenvalue weighted by molar-refractivity contribution is 9.11. The number of alkyl halides is 1. The molecule has 0 fully saturated rings. The number of benzene rings is 2. The van der Waals surface area contributed by atoms with Crippen LogP contribution in [-0.2, 0) is 11.2 Å². The molecule has 0 saturated carbocycles. The van der Waals surface area contributed by atoms with Gasteiger partial charge < -0.3 is 5.32 Å². The van der Waals surface area contributed by atoms with E-state index in [4.69, 9.17) is 0 Å². The normalized spacial score (nSPS) is 15.3. The minimum absolute atomic E-state index is 0.104. The van der Waals surface area contributed by atoms with E-state index in [1.807, 2.05) is 6.07 Å². The topological polar surface area (TPSA) is 29.1 Å². The Bertz CT molecular complexity index is 712. The number of fused-ring (bicyclic) bond motifs is 1. The lowest BCUT2D eigenvalue weighted by Gasteiger charge is -2.20. The molecule has 0 spiro atoms. The summed E-state index contributed by atoms with van der Waals surface area (Å²) in [5.74, 6) is 0.104. The standard InChI is InChI=1S/C17H15Br2NO/c1-10-2-5-14(18)13(8-10)17(19)12-3-6-15-11(9-12)4-7-16(21)20-15/h2-3,5-6,8-9,17H,4,7H2,1H3,(H,20,21). The minimum Gasteiger partial charge on any atom is -0.326 e. The summed E-state index contributed by atoms with van der Waals surface area (Å²) < 4.78 is 1.10. The van der Waals surface area contributed by atoms with Gasteiger partial charge in [0.05, 0.1) is 4.83 Å². The Morgan fingerprint density at radius 1 is 1.14 bits per heavy atom. The van der Waals surface area contributed by atoms with Crippen LogP contribution in [0.3, 0.4) is 0 Å². The fraction of sp³-hybridized carbons (Fsp3) is 0.235. The molecule has 2 aromatic rings. The zero-order chi connectivity index (χ0) is 15.0. The zero-order valence-corrected chi connectivity index (χ0v) is 14.8. The van der Waals surface area contributed by atoms with Gasteiger partial charge in [-0.15, -0.1) is 0 Å². The fourth-order valence-corrected chi connectivity index (χ4v) is 4.04. The number of carbonyl (C=O) groups is 1. The summed E-state index contributed by atoms with van der Waals surface area (Å²) in [4.78, 5) is 11.6. The number of aryl methyl sites for hydroxylation is 2. The molecule has 0 aliphatic carbocycles. The lowest BCUT2D eigenvalue weighted by atomic mass is 9.96. The highest BCUT2D eigenvalue weighted by atomic mass is 79.9. The molecule has 2 nitrogen and oxygen atoms in total. The number of anilines is 1. The molecule has 1 unspecified atom stereocenters. The zero-order valence-electron chi connectivity index (χ0n) is 11.6. The van der Waals surface area contributed by atoms with Crippen molar-refractivity contribution in [3.8, 4) is 0 Å². The van der Waals surface area contributed by atoms with Crippen molar-refractivity contribution in [3.05, 3.63) is 63.1 Å². The number of rotatable bonds is 2. The molecule has 1 aliphatic rings. The highest BCUT2D eigenvalue weighted by Crippen LogP contribution is 2.37. The molecule has 3 rings (SSSR count). The number of halogens is 2. The van der Waals surface area contributed by atoms with Crippen LogP contribution in [0.25, 0.3) is 0 Å². The molecule has 21 heavy (non-hydrogen) atoms. The van der Waals surface area contributed by atoms with Crippen molar-refractivity contribution in [3.63, 3.8) is 0 Å². The van der Waals surface area contributed by atoms with E-state index >= 15 is 0 Å². The van der Waals surface area contributed by atoms with Gasteiger partial charge >= 0.3 is 0 Å². The second-order valence-corrected chi connectivity index (χ2v) is 7.12. The van der Waals surface area contributed by atoms with Crippen LogP contribution < -0.4 is 5.32 Å². The van der Waals surface area contributed by atoms with Gasteiger partial charge in [0.15, 0.2) is 0 Å². The monoisotopic (exact) mass is 407 g/mol. The van der Waals surface area contributed by atoms with E-state index in [0.29, 0.717) is 6.42 Å². The van der Waals surface area contributed by atoms with Crippen LogP contribution in [0.2, 0.25) is 0 Å². The molecular formula is C17H15Br2NO. The molecule has 1 heterocycles. The maximum Gasteiger partial charge on any atom is 0.224 e. The quantitative estimate of drug-likeness (QED) is 0.686. The molecular weight excluding hydrogens is 394 g/mol. The number of carbonyl (C=O) groups excluding carboxylic acids is 1. The molecule has 4 heteroatoms. The average molecular weight is 409 g/mol. The minimum atomic E-state index is 0.104. The molecule has 2 aromatic carbocycles. The third kappa shape index (κ3) is 3.06. The number of hydrogen-bond acceptors (Lipinski definition) is 1. The van der Waals surface area contributed by atoms with E-state index in [2.05, 4.69) is 74.4 Å². The smallest absolute Gasteiger partial charge is 0.224 e. The van der Waals surface area contributed by atoms with Crippen molar-refractivity contribution in [2.24, 2.45) is 0 Å². The Hall–Kier alpha value is -1.13. The van der Waals surface area contributed by atoms with Crippen LogP contribution in [0.4, 0.5) is 5.69 Å². The molecule has 1 aliphatic heterocycles. The highest BCUT2D eigenvalue weighted by Gasteiger charge is 2.18. The molecule has 0 aromatic heterocycles. The summed E-state index contributed by atoms with van der Waals surface area (Å²) in [5.41, 5.74) is 5.81. The molecule has 0 radical (unpaired) electrons. The van der Waals surface area contributed by atoms with Gasteiger partial charge in [-0.1, -0.05) is 61.7 Å². The Morgan fingerprint density at radius 2 is 1.95 bits per heavy atom. The van der Waals surface area contributed by atoms with Crippen LogP contribution in [0, 0.1) is 6.92 Å². The molecule has 1 atom stereocenters. The Kier molecular flexibility index (Phi) is 4.18. The van der Waals surface area contributed by atoms with E-state index < -0.39 is 0 Å².